The molecule has 2 atom stereocenters. The van der Waals surface area contributed by atoms with E-state index in [0.29, 0.717) is 5.56 Å². The number of hydrogen-bond donors (Lipinski definition) is 2. The van der Waals surface area contributed by atoms with Crippen molar-refractivity contribution in [1.29, 1.82) is 0 Å². The van der Waals surface area contributed by atoms with E-state index in [4.69, 9.17) is 4.74 Å². The Morgan fingerprint density at radius 3 is 1.89 bits per heavy atom. The number of rotatable bonds is 6. The molecular weight excluding hydrogens is 466 g/mol. The molecule has 0 aromatic heterocycles. The molecule has 2 rings (SSSR count). The Morgan fingerprint density at radius 2 is 1.41 bits per heavy atom. The first-order valence-electron chi connectivity index (χ1n) is 12.7. The maximum Gasteiger partial charge on any atom is 0.408 e. The zero-order chi connectivity index (χ0) is 28.3. The molecule has 37 heavy (non-hydrogen) atoms. The van der Waals surface area contributed by atoms with Crippen LogP contribution >= 0.6 is 0 Å². The normalized spacial score (nSPS) is 13.4. The zero-order valence-corrected chi connectivity index (χ0v) is 24.2. The summed E-state index contributed by atoms with van der Waals surface area (Å²) in [7, 11) is 0. The average molecular weight is 510 g/mol. The van der Waals surface area contributed by atoms with Crippen molar-refractivity contribution >= 4 is 23.6 Å². The molecule has 202 valence electrons. The Bertz CT molecular complexity index is 1140. The van der Waals surface area contributed by atoms with Crippen molar-refractivity contribution in [2.75, 3.05) is 5.32 Å². The van der Waals surface area contributed by atoms with Crippen molar-refractivity contribution < 1.29 is 19.1 Å². The van der Waals surface area contributed by atoms with Crippen LogP contribution in [0.25, 0.3) is 0 Å². The summed E-state index contributed by atoms with van der Waals surface area (Å²) in [5.41, 5.74) is 3.94. The zero-order valence-electron chi connectivity index (χ0n) is 24.2. The molecule has 0 radical (unpaired) electrons. The van der Waals surface area contributed by atoms with Crippen molar-refractivity contribution in [3.8, 4) is 0 Å². The van der Waals surface area contributed by atoms with E-state index >= 15 is 0 Å². The third kappa shape index (κ3) is 7.81. The number of carbonyl (C=O) groups excluding carboxylic acids is 3. The Labute approximate surface area is 222 Å². The van der Waals surface area contributed by atoms with E-state index in [9.17, 15) is 14.4 Å². The fraction of sp³-hybridized carbons (Fsp3) is 0.500. The molecule has 0 heterocycles. The van der Waals surface area contributed by atoms with Crippen molar-refractivity contribution in [2.45, 2.75) is 99.4 Å². The third-order valence-corrected chi connectivity index (χ3v) is 6.15. The molecule has 2 N–H and O–H groups in total. The van der Waals surface area contributed by atoms with Gasteiger partial charge in [0.05, 0.1) is 0 Å². The first-order chi connectivity index (χ1) is 16.9. The summed E-state index contributed by atoms with van der Waals surface area (Å²) in [5, 5.41) is 5.72. The molecular formula is C30H43N3O4. The van der Waals surface area contributed by atoms with Gasteiger partial charge in [0.25, 0.3) is 5.91 Å². The number of nitrogens with zero attached hydrogens (tertiary/aromatic N) is 1. The van der Waals surface area contributed by atoms with Crippen molar-refractivity contribution in [3.05, 3.63) is 64.2 Å². The summed E-state index contributed by atoms with van der Waals surface area (Å²) < 4.78 is 5.35. The molecule has 0 spiro atoms. The number of anilines is 1. The molecule has 2 aromatic rings. The molecule has 2 unspecified atom stereocenters. The van der Waals surface area contributed by atoms with Gasteiger partial charge in [-0.05, 0) is 104 Å². The maximum atomic E-state index is 14.0. The lowest BCUT2D eigenvalue weighted by molar-refractivity contribution is -0.146. The number of nitrogens with one attached hydrogen (secondary N) is 2. The largest absolute Gasteiger partial charge is 0.444 e. The predicted octanol–water partition coefficient (Wildman–Crippen LogP) is 6.14. The lowest BCUT2D eigenvalue weighted by Crippen LogP contribution is -2.57. The van der Waals surface area contributed by atoms with Crippen LogP contribution in [0.15, 0.2) is 36.4 Å². The van der Waals surface area contributed by atoms with E-state index in [1.54, 1.807) is 32.6 Å². The van der Waals surface area contributed by atoms with Crippen LogP contribution in [0.4, 0.5) is 10.5 Å². The van der Waals surface area contributed by atoms with E-state index in [2.05, 4.69) is 10.6 Å². The number of para-hydroxylation sites is 1. The molecule has 0 aliphatic carbocycles. The first kappa shape index (κ1) is 29.9. The van der Waals surface area contributed by atoms with Gasteiger partial charge in [0, 0.05) is 11.2 Å². The highest BCUT2D eigenvalue weighted by Crippen LogP contribution is 2.33. The van der Waals surface area contributed by atoms with Gasteiger partial charge in [0.15, 0.2) is 0 Å². The number of aryl methyl sites for hydroxylation is 4. The standard InChI is InChI=1S/C30H43N3O4/c1-18-15-16-23(17-21(18)4)25(26(34)32-24-19(2)13-12-14-20(24)3)33(29(6,7)8)27(35)22(5)31-28(36)37-30(9,10)11/h12-17,22,25H,1-11H3,(H,31,36)(H,32,34). The average Bonchev–Trinajstić information content (AvgIpc) is 2.73. The lowest BCUT2D eigenvalue weighted by Gasteiger charge is -2.42. The van der Waals surface area contributed by atoms with Crippen LogP contribution in [0.3, 0.4) is 0 Å². The summed E-state index contributed by atoms with van der Waals surface area (Å²) in [6.07, 6.45) is -0.690. The number of carbonyl (C=O) groups is 3. The number of ether oxygens (including phenoxy) is 1. The van der Waals surface area contributed by atoms with Crippen LogP contribution in [-0.2, 0) is 14.3 Å². The SMILES string of the molecule is Cc1ccc(C(C(=O)Nc2c(C)cccc2C)N(C(=O)C(C)NC(=O)OC(C)(C)C)C(C)(C)C)cc1C. The molecule has 0 aliphatic heterocycles. The van der Waals surface area contributed by atoms with Crippen LogP contribution in [-0.4, -0.2) is 40.0 Å². The second kappa shape index (κ2) is 11.4. The highest BCUT2D eigenvalue weighted by atomic mass is 16.6. The molecule has 0 saturated carbocycles. The van der Waals surface area contributed by atoms with Crippen LogP contribution in [0.1, 0.15) is 82.3 Å². The second-order valence-electron chi connectivity index (χ2n) is 11.7. The Hall–Kier alpha value is -3.35. The Balaban J connectivity index is 2.57. The molecule has 2 aromatic carbocycles. The number of alkyl carbamates (subject to hydrolysis) is 1. The molecule has 0 fully saturated rings. The molecule has 0 bridgehead atoms. The van der Waals surface area contributed by atoms with Crippen LogP contribution in [0, 0.1) is 27.7 Å². The summed E-state index contributed by atoms with van der Waals surface area (Å²) in [6, 6.07) is 9.75. The fourth-order valence-corrected chi connectivity index (χ4v) is 4.16. The topological polar surface area (TPSA) is 87.7 Å². The van der Waals surface area contributed by atoms with Gasteiger partial charge >= 0.3 is 6.09 Å². The second-order valence-corrected chi connectivity index (χ2v) is 11.7. The van der Waals surface area contributed by atoms with Gasteiger partial charge in [-0.2, -0.15) is 0 Å². The maximum absolute atomic E-state index is 14.0. The van der Waals surface area contributed by atoms with E-state index in [0.717, 1.165) is 27.9 Å². The smallest absolute Gasteiger partial charge is 0.408 e. The lowest BCUT2D eigenvalue weighted by atomic mass is 9.93. The number of hydrogen-bond acceptors (Lipinski definition) is 4. The third-order valence-electron chi connectivity index (χ3n) is 6.15. The van der Waals surface area contributed by atoms with Crippen LogP contribution in [0.2, 0.25) is 0 Å². The van der Waals surface area contributed by atoms with Gasteiger partial charge in [-0.3, -0.25) is 9.59 Å². The summed E-state index contributed by atoms with van der Waals surface area (Å²) in [6.45, 7) is 20.4. The van der Waals surface area contributed by atoms with Crippen molar-refractivity contribution in [1.82, 2.24) is 10.2 Å². The van der Waals surface area contributed by atoms with Crippen LogP contribution < -0.4 is 10.6 Å². The minimum absolute atomic E-state index is 0.326. The summed E-state index contributed by atoms with van der Waals surface area (Å²) in [4.78, 5) is 41.9. The Morgan fingerprint density at radius 1 is 0.838 bits per heavy atom. The molecule has 0 saturated heterocycles. The number of benzene rings is 2. The minimum Gasteiger partial charge on any atom is -0.444 e. The van der Waals surface area contributed by atoms with Gasteiger partial charge < -0.3 is 20.3 Å². The monoisotopic (exact) mass is 509 g/mol. The van der Waals surface area contributed by atoms with Gasteiger partial charge in [-0.25, -0.2) is 4.79 Å². The molecule has 0 aliphatic rings. The molecule has 7 nitrogen and oxygen atoms in total. The summed E-state index contributed by atoms with van der Waals surface area (Å²) >= 11 is 0. The number of amides is 3. The highest BCUT2D eigenvalue weighted by molar-refractivity contribution is 6.00. The fourth-order valence-electron chi connectivity index (χ4n) is 4.16. The van der Waals surface area contributed by atoms with Crippen molar-refractivity contribution in [3.63, 3.8) is 0 Å². The minimum atomic E-state index is -0.936. The van der Waals surface area contributed by atoms with E-state index in [1.165, 1.54) is 0 Å². The van der Waals surface area contributed by atoms with E-state index < -0.39 is 35.2 Å². The van der Waals surface area contributed by atoms with Crippen LogP contribution in [0.5, 0.6) is 0 Å². The first-order valence-corrected chi connectivity index (χ1v) is 12.7. The van der Waals surface area contributed by atoms with Gasteiger partial charge in [0.2, 0.25) is 5.91 Å². The molecule has 7 heteroatoms. The van der Waals surface area contributed by atoms with Gasteiger partial charge in [-0.15, -0.1) is 0 Å². The quantitative estimate of drug-likeness (QED) is 0.490. The van der Waals surface area contributed by atoms with Crippen molar-refractivity contribution in [2.24, 2.45) is 0 Å². The molecule has 3 amide bonds. The summed E-state index contributed by atoms with van der Waals surface area (Å²) in [5.74, 6) is -0.716. The van der Waals surface area contributed by atoms with E-state index in [1.807, 2.05) is 84.9 Å². The highest BCUT2D eigenvalue weighted by Gasteiger charge is 2.41. The Kier molecular flexibility index (Phi) is 9.18. The predicted molar refractivity (Wildman–Crippen MR) is 149 cm³/mol. The van der Waals surface area contributed by atoms with Gasteiger partial charge in [-0.1, -0.05) is 36.4 Å². The van der Waals surface area contributed by atoms with E-state index in [-0.39, 0.29) is 5.91 Å². The van der Waals surface area contributed by atoms with Gasteiger partial charge in [0.1, 0.15) is 17.7 Å².